The fraction of sp³-hybridized carbons (Fsp3) is 0.600. The van der Waals surface area contributed by atoms with Crippen LogP contribution in [0.25, 0.3) is 0 Å². The van der Waals surface area contributed by atoms with Gasteiger partial charge in [-0.05, 0) is 31.0 Å². The molecule has 6 nitrogen and oxygen atoms in total. The maximum absolute atomic E-state index is 11.7. The van der Waals surface area contributed by atoms with Gasteiger partial charge >= 0.3 is 0 Å². The fourth-order valence-corrected chi connectivity index (χ4v) is 3.63. The molecule has 1 aliphatic rings. The minimum absolute atomic E-state index is 0.553. The smallest absolute Gasteiger partial charge is 0.279 e. The van der Waals surface area contributed by atoms with Crippen molar-refractivity contribution >= 4 is 10.2 Å². The van der Waals surface area contributed by atoms with E-state index in [1.165, 1.54) is 16.9 Å². The van der Waals surface area contributed by atoms with Crippen molar-refractivity contribution in [2.75, 3.05) is 46.9 Å². The summed E-state index contributed by atoms with van der Waals surface area (Å²) in [4.78, 5) is 2.32. The largest absolute Gasteiger partial charge is 0.496 e. The van der Waals surface area contributed by atoms with Crippen molar-refractivity contribution in [2.45, 2.75) is 12.8 Å². The zero-order chi connectivity index (χ0) is 16.0. The summed E-state index contributed by atoms with van der Waals surface area (Å²) in [6.07, 6.45) is 2.01. The normalized spacial score (nSPS) is 17.5. The first-order chi connectivity index (χ1) is 10.6. The molecule has 7 heteroatoms. The molecule has 1 saturated heterocycles. The van der Waals surface area contributed by atoms with Gasteiger partial charge in [-0.15, -0.1) is 0 Å². The predicted octanol–water partition coefficient (Wildman–Crippen LogP) is 0.710. The molecule has 0 atom stereocenters. The van der Waals surface area contributed by atoms with Gasteiger partial charge in [0.05, 0.1) is 7.11 Å². The lowest BCUT2D eigenvalue weighted by Crippen LogP contribution is -2.51. The van der Waals surface area contributed by atoms with Crippen LogP contribution in [0.15, 0.2) is 24.3 Å². The van der Waals surface area contributed by atoms with Crippen molar-refractivity contribution in [1.29, 1.82) is 0 Å². The molecule has 2 rings (SSSR count). The summed E-state index contributed by atoms with van der Waals surface area (Å²) in [6, 6.07) is 8.08. The van der Waals surface area contributed by atoms with E-state index in [0.717, 1.165) is 38.2 Å². The van der Waals surface area contributed by atoms with E-state index in [1.807, 2.05) is 18.2 Å². The van der Waals surface area contributed by atoms with Crippen LogP contribution in [0.2, 0.25) is 0 Å². The number of rotatable bonds is 7. The van der Waals surface area contributed by atoms with Gasteiger partial charge in [-0.25, -0.2) is 4.72 Å². The van der Waals surface area contributed by atoms with Crippen LogP contribution in [0, 0.1) is 0 Å². The van der Waals surface area contributed by atoms with E-state index in [1.54, 1.807) is 7.11 Å². The van der Waals surface area contributed by atoms with Crippen LogP contribution in [0.4, 0.5) is 0 Å². The molecule has 0 spiro atoms. The number of benzene rings is 1. The molecule has 1 aromatic carbocycles. The van der Waals surface area contributed by atoms with Crippen LogP contribution < -0.4 is 9.46 Å². The molecule has 0 saturated carbocycles. The van der Waals surface area contributed by atoms with Gasteiger partial charge in [0, 0.05) is 33.2 Å². The van der Waals surface area contributed by atoms with Gasteiger partial charge in [0.2, 0.25) is 0 Å². The number of nitrogens with one attached hydrogen (secondary N) is 1. The molecule has 0 amide bonds. The predicted molar refractivity (Wildman–Crippen MR) is 87.3 cm³/mol. The third-order valence-electron chi connectivity index (χ3n) is 4.04. The summed E-state index contributed by atoms with van der Waals surface area (Å²) in [7, 11) is -0.129. The van der Waals surface area contributed by atoms with Crippen molar-refractivity contribution in [3.63, 3.8) is 0 Å². The number of aryl methyl sites for hydroxylation is 1. The number of ether oxygens (including phenoxy) is 1. The van der Waals surface area contributed by atoms with E-state index in [-0.39, 0.29) is 0 Å². The molecule has 1 aliphatic heterocycles. The Kier molecular flexibility index (Phi) is 6.19. The molecule has 124 valence electrons. The molecule has 1 fully saturated rings. The van der Waals surface area contributed by atoms with Crippen molar-refractivity contribution in [3.05, 3.63) is 29.8 Å². The van der Waals surface area contributed by atoms with E-state index in [2.05, 4.69) is 15.7 Å². The van der Waals surface area contributed by atoms with Gasteiger partial charge in [0.25, 0.3) is 10.2 Å². The maximum Gasteiger partial charge on any atom is 0.279 e. The SMILES string of the molecule is CNS(=O)(=O)N1CCN(CCCc2ccccc2OC)CC1. The molecule has 22 heavy (non-hydrogen) atoms. The molecular weight excluding hydrogens is 302 g/mol. The second kappa shape index (κ2) is 7.92. The molecule has 0 aromatic heterocycles. The summed E-state index contributed by atoms with van der Waals surface area (Å²) >= 11 is 0. The Morgan fingerprint density at radius 1 is 1.18 bits per heavy atom. The van der Waals surface area contributed by atoms with E-state index >= 15 is 0 Å². The Morgan fingerprint density at radius 3 is 2.50 bits per heavy atom. The average Bonchev–Trinajstić information content (AvgIpc) is 2.56. The van der Waals surface area contributed by atoms with E-state index in [0.29, 0.717) is 13.1 Å². The highest BCUT2D eigenvalue weighted by Crippen LogP contribution is 2.19. The Hall–Kier alpha value is -1.15. The number of hydrogen-bond donors (Lipinski definition) is 1. The van der Waals surface area contributed by atoms with Crippen molar-refractivity contribution < 1.29 is 13.2 Å². The second-order valence-electron chi connectivity index (χ2n) is 5.37. The zero-order valence-corrected chi connectivity index (χ0v) is 14.1. The average molecular weight is 327 g/mol. The number of para-hydroxylation sites is 1. The summed E-state index contributed by atoms with van der Waals surface area (Å²) in [5.74, 6) is 0.937. The van der Waals surface area contributed by atoms with Gasteiger partial charge in [-0.2, -0.15) is 12.7 Å². The third-order valence-corrected chi connectivity index (χ3v) is 5.60. The quantitative estimate of drug-likeness (QED) is 0.801. The monoisotopic (exact) mass is 327 g/mol. The molecule has 1 aromatic rings. The van der Waals surface area contributed by atoms with E-state index in [9.17, 15) is 8.42 Å². The summed E-state index contributed by atoms with van der Waals surface area (Å²) in [5, 5.41) is 0. The first-order valence-corrected chi connectivity index (χ1v) is 9.03. The Morgan fingerprint density at radius 2 is 1.86 bits per heavy atom. The highest BCUT2D eigenvalue weighted by atomic mass is 32.2. The molecule has 0 aliphatic carbocycles. The second-order valence-corrected chi connectivity index (χ2v) is 7.24. The minimum atomic E-state index is -3.28. The summed E-state index contributed by atoms with van der Waals surface area (Å²) < 4.78 is 32.7. The lowest BCUT2D eigenvalue weighted by atomic mass is 10.1. The first-order valence-electron chi connectivity index (χ1n) is 7.59. The lowest BCUT2D eigenvalue weighted by molar-refractivity contribution is 0.186. The third kappa shape index (κ3) is 4.42. The minimum Gasteiger partial charge on any atom is -0.496 e. The summed E-state index contributed by atoms with van der Waals surface area (Å²) in [5.41, 5.74) is 1.22. The zero-order valence-electron chi connectivity index (χ0n) is 13.3. The van der Waals surface area contributed by atoms with Crippen LogP contribution in [0.1, 0.15) is 12.0 Å². The number of nitrogens with zero attached hydrogens (tertiary/aromatic N) is 2. The molecule has 1 N–H and O–H groups in total. The molecule has 0 unspecified atom stereocenters. The topological polar surface area (TPSA) is 61.9 Å². The Bertz CT molecular complexity index is 569. The van der Waals surface area contributed by atoms with Crippen LogP contribution in [-0.2, 0) is 16.6 Å². The van der Waals surface area contributed by atoms with Crippen LogP contribution in [-0.4, -0.2) is 64.5 Å². The van der Waals surface area contributed by atoms with Crippen LogP contribution in [0.5, 0.6) is 5.75 Å². The molecule has 0 radical (unpaired) electrons. The highest BCUT2D eigenvalue weighted by Gasteiger charge is 2.25. The Labute approximate surface area is 133 Å². The highest BCUT2D eigenvalue weighted by molar-refractivity contribution is 7.87. The first kappa shape index (κ1) is 17.2. The van der Waals surface area contributed by atoms with Crippen molar-refractivity contribution in [1.82, 2.24) is 13.9 Å². The van der Waals surface area contributed by atoms with Gasteiger partial charge in [-0.1, -0.05) is 18.2 Å². The van der Waals surface area contributed by atoms with Crippen molar-refractivity contribution in [3.8, 4) is 5.75 Å². The molecule has 1 heterocycles. The maximum atomic E-state index is 11.7. The lowest BCUT2D eigenvalue weighted by Gasteiger charge is -2.33. The number of piperazine rings is 1. The van der Waals surface area contributed by atoms with Gasteiger partial charge in [-0.3, -0.25) is 0 Å². The number of hydrogen-bond acceptors (Lipinski definition) is 4. The van der Waals surface area contributed by atoms with Gasteiger partial charge in [0.1, 0.15) is 5.75 Å². The van der Waals surface area contributed by atoms with E-state index < -0.39 is 10.2 Å². The van der Waals surface area contributed by atoms with Gasteiger partial charge < -0.3 is 9.64 Å². The van der Waals surface area contributed by atoms with Crippen LogP contribution in [0.3, 0.4) is 0 Å². The number of methoxy groups -OCH3 is 1. The van der Waals surface area contributed by atoms with Crippen molar-refractivity contribution in [2.24, 2.45) is 0 Å². The molecule has 0 bridgehead atoms. The van der Waals surface area contributed by atoms with E-state index in [4.69, 9.17) is 4.74 Å². The van der Waals surface area contributed by atoms with Gasteiger partial charge in [0.15, 0.2) is 0 Å². The standard InChI is InChI=1S/C15H25N3O3S/c1-16-22(19,20)18-12-10-17(11-13-18)9-5-7-14-6-3-4-8-15(14)21-2/h3-4,6,8,16H,5,7,9-13H2,1-2H3. The summed E-state index contributed by atoms with van der Waals surface area (Å²) in [6.45, 7) is 3.65. The van der Waals surface area contributed by atoms with Crippen LogP contribution >= 0.6 is 0 Å². The Balaban J connectivity index is 1.76. The molecular formula is C15H25N3O3S. The fourth-order valence-electron chi connectivity index (χ4n) is 2.73.